The lowest BCUT2D eigenvalue weighted by Gasteiger charge is -2.04. The summed E-state index contributed by atoms with van der Waals surface area (Å²) < 4.78 is 28.8. The first-order valence-electron chi connectivity index (χ1n) is 6.84. The third-order valence-corrected chi connectivity index (χ3v) is 3.54. The van der Waals surface area contributed by atoms with E-state index in [1.807, 2.05) is 18.2 Å². The van der Waals surface area contributed by atoms with Crippen LogP contribution in [0.3, 0.4) is 0 Å². The number of hydrogen-bond acceptors (Lipinski definition) is 4. The van der Waals surface area contributed by atoms with Crippen LogP contribution in [0.2, 0.25) is 0 Å². The molecule has 0 aliphatic heterocycles. The molecule has 0 bridgehead atoms. The van der Waals surface area contributed by atoms with Gasteiger partial charge >= 0.3 is 6.61 Å². The maximum absolute atomic E-state index is 12.3. The molecule has 0 unspecified atom stereocenters. The molecule has 23 heavy (non-hydrogen) atoms. The summed E-state index contributed by atoms with van der Waals surface area (Å²) in [7, 11) is 0. The molecule has 0 aliphatic carbocycles. The number of H-pyrrole nitrogens is 1. The molecule has 0 amide bonds. The number of halogens is 2. The minimum Gasteiger partial charge on any atom is -0.417 e. The lowest BCUT2D eigenvalue weighted by Crippen LogP contribution is -2.03. The van der Waals surface area contributed by atoms with Gasteiger partial charge in [-0.15, -0.1) is 0 Å². The van der Waals surface area contributed by atoms with E-state index in [0.29, 0.717) is 5.65 Å². The predicted octanol–water partition coefficient (Wildman–Crippen LogP) is 3.77. The van der Waals surface area contributed by atoms with Crippen molar-refractivity contribution in [2.24, 2.45) is 0 Å². The van der Waals surface area contributed by atoms with E-state index in [2.05, 4.69) is 24.7 Å². The number of benzene rings is 1. The molecule has 0 saturated heterocycles. The topological polar surface area (TPSA) is 63.7 Å². The number of nitrogens with zero attached hydrogens (tertiary/aromatic N) is 3. The van der Waals surface area contributed by atoms with E-state index in [1.54, 1.807) is 18.5 Å². The second-order valence-electron chi connectivity index (χ2n) is 4.92. The smallest absolute Gasteiger partial charge is 0.388 e. The number of pyridine rings is 1. The number of hydrogen-bond donors (Lipinski definition) is 1. The summed E-state index contributed by atoms with van der Waals surface area (Å²) in [6.07, 6.45) is 5.03. The SMILES string of the molecule is FC(F)Oc1ccc2c(-c3ccc4ncncc4c3)c[nH]c2n1. The number of alkyl halides is 2. The Morgan fingerprint density at radius 2 is 2.04 bits per heavy atom. The van der Waals surface area contributed by atoms with Gasteiger partial charge in [0.25, 0.3) is 0 Å². The molecule has 0 aliphatic rings. The standard InChI is InChI=1S/C16H10F2N4O/c17-16(18)23-14-4-2-11-12(7-20-15(11)22-14)9-1-3-13-10(5-9)6-19-8-21-13/h1-8,16H,(H,20,22). The van der Waals surface area contributed by atoms with Gasteiger partial charge in [0.2, 0.25) is 5.88 Å². The molecule has 5 nitrogen and oxygen atoms in total. The quantitative estimate of drug-likeness (QED) is 0.625. The molecule has 3 heterocycles. The van der Waals surface area contributed by atoms with Crippen LogP contribution in [0.4, 0.5) is 8.78 Å². The van der Waals surface area contributed by atoms with Crippen molar-refractivity contribution < 1.29 is 13.5 Å². The molecule has 4 aromatic rings. The van der Waals surface area contributed by atoms with Gasteiger partial charge in [-0.3, -0.25) is 0 Å². The number of ether oxygens (including phenoxy) is 1. The van der Waals surface area contributed by atoms with E-state index in [9.17, 15) is 8.78 Å². The highest BCUT2D eigenvalue weighted by atomic mass is 19.3. The van der Waals surface area contributed by atoms with Gasteiger partial charge in [0.05, 0.1) is 5.52 Å². The number of nitrogens with one attached hydrogen (secondary N) is 1. The molecule has 0 radical (unpaired) electrons. The molecule has 0 saturated carbocycles. The van der Waals surface area contributed by atoms with Gasteiger partial charge in [-0.2, -0.15) is 13.8 Å². The van der Waals surface area contributed by atoms with Crippen LogP contribution >= 0.6 is 0 Å². The number of rotatable bonds is 3. The molecule has 1 aromatic carbocycles. The summed E-state index contributed by atoms with van der Waals surface area (Å²) in [4.78, 5) is 15.2. The average Bonchev–Trinajstić information content (AvgIpc) is 2.97. The van der Waals surface area contributed by atoms with E-state index in [4.69, 9.17) is 0 Å². The summed E-state index contributed by atoms with van der Waals surface area (Å²) in [6.45, 7) is -2.89. The zero-order valence-electron chi connectivity index (χ0n) is 11.7. The van der Waals surface area contributed by atoms with Gasteiger partial charge in [0.1, 0.15) is 12.0 Å². The second kappa shape index (κ2) is 5.28. The van der Waals surface area contributed by atoms with Crippen molar-refractivity contribution in [1.29, 1.82) is 0 Å². The van der Waals surface area contributed by atoms with Crippen LogP contribution in [0.1, 0.15) is 0 Å². The van der Waals surface area contributed by atoms with E-state index < -0.39 is 6.61 Å². The largest absolute Gasteiger partial charge is 0.417 e. The van der Waals surface area contributed by atoms with Gasteiger partial charge in [0.15, 0.2) is 0 Å². The third kappa shape index (κ3) is 2.46. The zero-order valence-corrected chi connectivity index (χ0v) is 11.7. The van der Waals surface area contributed by atoms with Gasteiger partial charge in [0, 0.05) is 34.8 Å². The predicted molar refractivity (Wildman–Crippen MR) is 81.3 cm³/mol. The Kier molecular flexibility index (Phi) is 3.11. The van der Waals surface area contributed by atoms with Crippen molar-refractivity contribution in [3.63, 3.8) is 0 Å². The fraction of sp³-hybridized carbons (Fsp3) is 0.0625. The van der Waals surface area contributed by atoms with Gasteiger partial charge in [-0.1, -0.05) is 6.07 Å². The Morgan fingerprint density at radius 1 is 1.13 bits per heavy atom. The van der Waals surface area contributed by atoms with Crippen molar-refractivity contribution in [2.75, 3.05) is 0 Å². The van der Waals surface area contributed by atoms with Crippen molar-refractivity contribution >= 4 is 21.9 Å². The molecule has 114 valence electrons. The molecule has 0 spiro atoms. The molecule has 1 N–H and O–H groups in total. The highest BCUT2D eigenvalue weighted by Crippen LogP contribution is 2.30. The monoisotopic (exact) mass is 312 g/mol. The number of aromatic nitrogens is 4. The molecule has 4 rings (SSSR count). The molecule has 3 aromatic heterocycles. The van der Waals surface area contributed by atoms with Crippen LogP contribution in [0.5, 0.6) is 5.88 Å². The lowest BCUT2D eigenvalue weighted by molar-refractivity contribution is -0.0526. The minimum absolute atomic E-state index is 0.118. The van der Waals surface area contributed by atoms with E-state index >= 15 is 0 Å². The van der Waals surface area contributed by atoms with Crippen LogP contribution in [0, 0.1) is 0 Å². The first-order chi connectivity index (χ1) is 11.2. The summed E-state index contributed by atoms with van der Waals surface area (Å²) in [6, 6.07) is 8.96. The minimum atomic E-state index is -2.89. The highest BCUT2D eigenvalue weighted by molar-refractivity contribution is 5.96. The normalized spacial score (nSPS) is 11.4. The zero-order chi connectivity index (χ0) is 15.8. The van der Waals surface area contributed by atoms with Crippen LogP contribution < -0.4 is 4.74 Å². The van der Waals surface area contributed by atoms with Crippen molar-refractivity contribution in [3.05, 3.63) is 49.1 Å². The molecule has 0 atom stereocenters. The molecular weight excluding hydrogens is 302 g/mol. The van der Waals surface area contributed by atoms with Crippen molar-refractivity contribution in [3.8, 4) is 17.0 Å². The first-order valence-corrected chi connectivity index (χ1v) is 6.84. The summed E-state index contributed by atoms with van der Waals surface area (Å²) in [5.74, 6) is -0.118. The average molecular weight is 312 g/mol. The second-order valence-corrected chi connectivity index (χ2v) is 4.92. The third-order valence-electron chi connectivity index (χ3n) is 3.54. The maximum atomic E-state index is 12.3. The highest BCUT2D eigenvalue weighted by Gasteiger charge is 2.11. The maximum Gasteiger partial charge on any atom is 0.388 e. The first kappa shape index (κ1) is 13.6. The Balaban J connectivity index is 1.81. The molecule has 0 fully saturated rings. The van der Waals surface area contributed by atoms with Gasteiger partial charge < -0.3 is 9.72 Å². The van der Waals surface area contributed by atoms with E-state index in [0.717, 1.165) is 27.4 Å². The molecule has 7 heteroatoms. The lowest BCUT2D eigenvalue weighted by atomic mass is 10.0. The van der Waals surface area contributed by atoms with Crippen LogP contribution in [0.15, 0.2) is 49.1 Å². The summed E-state index contributed by atoms with van der Waals surface area (Å²) in [5, 5.41) is 1.74. The fourth-order valence-corrected chi connectivity index (χ4v) is 2.53. The van der Waals surface area contributed by atoms with E-state index in [1.165, 1.54) is 12.4 Å². The van der Waals surface area contributed by atoms with Crippen LogP contribution in [-0.4, -0.2) is 26.5 Å². The van der Waals surface area contributed by atoms with Gasteiger partial charge in [-0.05, 0) is 23.8 Å². The molecular formula is C16H10F2N4O. The van der Waals surface area contributed by atoms with Crippen molar-refractivity contribution in [2.45, 2.75) is 6.61 Å². The Bertz CT molecular complexity index is 1000. The summed E-state index contributed by atoms with van der Waals surface area (Å²) in [5.41, 5.74) is 3.22. The van der Waals surface area contributed by atoms with Crippen LogP contribution in [0.25, 0.3) is 33.1 Å². The Labute approximate surface area is 129 Å². The Morgan fingerprint density at radius 3 is 2.91 bits per heavy atom. The number of fused-ring (bicyclic) bond motifs is 2. The Hall–Kier alpha value is -3.09. The summed E-state index contributed by atoms with van der Waals surface area (Å²) >= 11 is 0. The van der Waals surface area contributed by atoms with Crippen LogP contribution in [-0.2, 0) is 0 Å². The fourth-order valence-electron chi connectivity index (χ4n) is 2.53. The van der Waals surface area contributed by atoms with E-state index in [-0.39, 0.29) is 5.88 Å². The van der Waals surface area contributed by atoms with Crippen molar-refractivity contribution in [1.82, 2.24) is 19.9 Å². The number of aromatic amines is 1. The van der Waals surface area contributed by atoms with Gasteiger partial charge in [-0.25, -0.2) is 9.97 Å².